The van der Waals surface area contributed by atoms with Crippen molar-refractivity contribution in [1.29, 1.82) is 0 Å². The summed E-state index contributed by atoms with van der Waals surface area (Å²) in [5.74, 6) is 2.58. The minimum absolute atomic E-state index is 0.0623. The van der Waals surface area contributed by atoms with Crippen LogP contribution in [0, 0.1) is 23.7 Å². The molecule has 2 rings (SSSR count). The molecule has 25 heavy (non-hydrogen) atoms. The summed E-state index contributed by atoms with van der Waals surface area (Å²) in [4.78, 5) is 0. The van der Waals surface area contributed by atoms with Gasteiger partial charge in [0.05, 0.1) is 0 Å². The van der Waals surface area contributed by atoms with Crippen molar-refractivity contribution in [2.24, 2.45) is 23.7 Å². The third kappa shape index (κ3) is 7.59. The fraction of sp³-hybridized carbons (Fsp3) is 0.889. The zero-order chi connectivity index (χ0) is 19.3. The quantitative estimate of drug-likeness (QED) is 0.441. The normalized spacial score (nSPS) is 28.0. The molecule has 0 radical (unpaired) electrons. The molecule has 7 heteroatoms. The Bertz CT molecular complexity index is 528. The molecule has 0 heterocycles. The lowest BCUT2D eigenvalue weighted by Crippen LogP contribution is -2.27. The standard InChI is InChI=1S/C14H21F3O3S.C4H10/c1-10-2-4-11(5-3-10)12-6-8-13(9-7-12)20-21(18,19)14(15,16)17;1-4(2)3/h8,10-12H,2-7,9H2,1H3;4H,1-3H3. The maximum atomic E-state index is 12.3. The molecule has 1 saturated carbocycles. The molecule has 0 aromatic rings. The molecule has 0 aliphatic heterocycles. The topological polar surface area (TPSA) is 43.4 Å². The molecule has 0 saturated heterocycles. The number of hydrogen-bond acceptors (Lipinski definition) is 3. The Balaban J connectivity index is 0.000000705. The van der Waals surface area contributed by atoms with Gasteiger partial charge in [0.25, 0.3) is 0 Å². The van der Waals surface area contributed by atoms with Gasteiger partial charge in [-0.15, -0.1) is 0 Å². The van der Waals surface area contributed by atoms with Crippen molar-refractivity contribution in [3.8, 4) is 0 Å². The van der Waals surface area contributed by atoms with E-state index in [1.807, 2.05) is 0 Å². The molecule has 148 valence electrons. The molecule has 3 nitrogen and oxygen atoms in total. The summed E-state index contributed by atoms with van der Waals surface area (Å²) in [7, 11) is -5.52. The highest BCUT2D eigenvalue weighted by Gasteiger charge is 2.49. The van der Waals surface area contributed by atoms with E-state index in [-0.39, 0.29) is 12.2 Å². The van der Waals surface area contributed by atoms with Crippen LogP contribution in [0.1, 0.15) is 72.6 Å². The van der Waals surface area contributed by atoms with E-state index in [9.17, 15) is 21.6 Å². The van der Waals surface area contributed by atoms with Crippen LogP contribution in [-0.4, -0.2) is 13.9 Å². The molecule has 1 atom stereocenters. The molecule has 1 unspecified atom stereocenters. The Morgan fingerprint density at radius 2 is 1.56 bits per heavy atom. The molecule has 2 aliphatic rings. The van der Waals surface area contributed by atoms with Crippen LogP contribution in [0.2, 0.25) is 0 Å². The van der Waals surface area contributed by atoms with E-state index in [2.05, 4.69) is 31.9 Å². The number of allylic oxidation sites excluding steroid dienone is 2. The highest BCUT2D eigenvalue weighted by molar-refractivity contribution is 7.87. The summed E-state index contributed by atoms with van der Waals surface area (Å²) in [6.45, 7) is 8.74. The van der Waals surface area contributed by atoms with Gasteiger partial charge in [0.1, 0.15) is 5.76 Å². The summed E-state index contributed by atoms with van der Waals surface area (Å²) in [6.07, 6.45) is 7.85. The fourth-order valence-electron chi connectivity index (χ4n) is 3.28. The second-order valence-corrected chi connectivity index (χ2v) is 9.48. The molecule has 0 aromatic carbocycles. The van der Waals surface area contributed by atoms with Crippen molar-refractivity contribution in [2.45, 2.75) is 78.1 Å². The minimum atomic E-state index is -5.52. The van der Waals surface area contributed by atoms with Gasteiger partial charge in [-0.25, -0.2) is 0 Å². The number of alkyl halides is 3. The van der Waals surface area contributed by atoms with Gasteiger partial charge < -0.3 is 4.18 Å². The van der Waals surface area contributed by atoms with E-state index < -0.39 is 15.6 Å². The van der Waals surface area contributed by atoms with Crippen LogP contribution in [0.15, 0.2) is 11.8 Å². The summed E-state index contributed by atoms with van der Waals surface area (Å²) in [5, 5.41) is 0. The van der Waals surface area contributed by atoms with Gasteiger partial charge in [0, 0.05) is 6.42 Å². The van der Waals surface area contributed by atoms with Crippen LogP contribution in [0.4, 0.5) is 13.2 Å². The SMILES string of the molecule is CC(C)C.CC1CCC(C2CC=C(OS(=O)(=O)C(F)(F)F)CC2)CC1. The Morgan fingerprint density at radius 1 is 1.04 bits per heavy atom. The van der Waals surface area contributed by atoms with E-state index >= 15 is 0 Å². The lowest BCUT2D eigenvalue weighted by molar-refractivity contribution is -0.0525. The summed E-state index contributed by atoms with van der Waals surface area (Å²) >= 11 is 0. The van der Waals surface area contributed by atoms with Crippen molar-refractivity contribution in [2.75, 3.05) is 0 Å². The zero-order valence-corrected chi connectivity index (χ0v) is 16.4. The maximum Gasteiger partial charge on any atom is 0.534 e. The Morgan fingerprint density at radius 3 is 1.96 bits per heavy atom. The van der Waals surface area contributed by atoms with Gasteiger partial charge in [0.15, 0.2) is 0 Å². The molecular weight excluding hydrogens is 353 g/mol. The minimum Gasteiger partial charge on any atom is -0.381 e. The van der Waals surface area contributed by atoms with Crippen LogP contribution >= 0.6 is 0 Å². The first kappa shape index (κ1) is 22.3. The average Bonchev–Trinajstić information content (AvgIpc) is 2.47. The molecule has 0 spiro atoms. The molecule has 2 aliphatic carbocycles. The molecule has 0 bridgehead atoms. The average molecular weight is 385 g/mol. The van der Waals surface area contributed by atoms with Crippen molar-refractivity contribution < 1.29 is 25.8 Å². The van der Waals surface area contributed by atoms with E-state index in [1.54, 1.807) is 0 Å². The Kier molecular flexibility index (Phi) is 8.29. The first-order chi connectivity index (χ1) is 11.4. The van der Waals surface area contributed by atoms with Crippen LogP contribution in [-0.2, 0) is 14.3 Å². The van der Waals surface area contributed by atoms with Gasteiger partial charge in [-0.05, 0) is 55.4 Å². The first-order valence-corrected chi connectivity index (χ1v) is 10.5. The van der Waals surface area contributed by atoms with Gasteiger partial charge in [0.2, 0.25) is 0 Å². The summed E-state index contributed by atoms with van der Waals surface area (Å²) in [5.41, 5.74) is -5.36. The molecular formula is C18H31F3O3S. The molecule has 0 amide bonds. The second kappa shape index (κ2) is 9.28. The van der Waals surface area contributed by atoms with E-state index in [0.29, 0.717) is 24.7 Å². The van der Waals surface area contributed by atoms with Gasteiger partial charge in [-0.1, -0.05) is 40.5 Å². The number of halogens is 3. The fourth-order valence-corrected chi connectivity index (χ4v) is 3.81. The lowest BCUT2D eigenvalue weighted by Gasteiger charge is -2.34. The first-order valence-electron chi connectivity index (χ1n) is 9.12. The van der Waals surface area contributed by atoms with Gasteiger partial charge >= 0.3 is 15.6 Å². The third-order valence-electron chi connectivity index (χ3n) is 4.64. The molecule has 0 aromatic heterocycles. The molecule has 1 fully saturated rings. The number of hydrogen-bond donors (Lipinski definition) is 0. The van der Waals surface area contributed by atoms with Gasteiger partial charge in [-0.2, -0.15) is 21.6 Å². The highest BCUT2D eigenvalue weighted by atomic mass is 32.2. The summed E-state index contributed by atoms with van der Waals surface area (Å²) < 4.78 is 62.9. The van der Waals surface area contributed by atoms with Crippen molar-refractivity contribution in [3.63, 3.8) is 0 Å². The van der Waals surface area contributed by atoms with Crippen LogP contribution in [0.25, 0.3) is 0 Å². The zero-order valence-electron chi connectivity index (χ0n) is 15.6. The smallest absolute Gasteiger partial charge is 0.381 e. The van der Waals surface area contributed by atoms with E-state index in [1.165, 1.54) is 18.9 Å². The van der Waals surface area contributed by atoms with E-state index in [0.717, 1.165) is 24.7 Å². The van der Waals surface area contributed by atoms with Crippen molar-refractivity contribution in [3.05, 3.63) is 11.8 Å². The van der Waals surface area contributed by atoms with Crippen LogP contribution < -0.4 is 0 Å². The Labute approximate surface area is 150 Å². The van der Waals surface area contributed by atoms with Crippen molar-refractivity contribution in [1.82, 2.24) is 0 Å². The second-order valence-electron chi connectivity index (χ2n) is 7.94. The Hall–Kier alpha value is -0.720. The lowest BCUT2D eigenvalue weighted by atomic mass is 9.72. The largest absolute Gasteiger partial charge is 0.534 e. The molecule has 0 N–H and O–H groups in total. The third-order valence-corrected chi connectivity index (χ3v) is 5.64. The number of rotatable bonds is 3. The van der Waals surface area contributed by atoms with Gasteiger partial charge in [-0.3, -0.25) is 0 Å². The van der Waals surface area contributed by atoms with E-state index in [4.69, 9.17) is 0 Å². The maximum absolute atomic E-state index is 12.3. The predicted octanol–water partition coefficient (Wildman–Crippen LogP) is 6.03. The monoisotopic (exact) mass is 384 g/mol. The van der Waals surface area contributed by atoms with Crippen molar-refractivity contribution >= 4 is 10.1 Å². The van der Waals surface area contributed by atoms with Crippen LogP contribution in [0.5, 0.6) is 0 Å². The summed E-state index contributed by atoms with van der Waals surface area (Å²) in [6, 6.07) is 0. The predicted molar refractivity (Wildman–Crippen MR) is 93.1 cm³/mol. The highest BCUT2D eigenvalue weighted by Crippen LogP contribution is 2.40. The van der Waals surface area contributed by atoms with Crippen LogP contribution in [0.3, 0.4) is 0 Å².